The van der Waals surface area contributed by atoms with Crippen LogP contribution >= 0.6 is 0 Å². The Bertz CT molecular complexity index is 653. The van der Waals surface area contributed by atoms with E-state index in [4.69, 9.17) is 4.74 Å². The van der Waals surface area contributed by atoms with Gasteiger partial charge in [-0.3, -0.25) is 0 Å². The summed E-state index contributed by atoms with van der Waals surface area (Å²) >= 11 is 0. The Morgan fingerprint density at radius 2 is 2.00 bits per heavy atom. The van der Waals surface area contributed by atoms with Crippen molar-refractivity contribution < 1.29 is 4.74 Å². The number of methoxy groups -OCH3 is 1. The van der Waals surface area contributed by atoms with Gasteiger partial charge in [-0.1, -0.05) is 38.5 Å². The van der Waals surface area contributed by atoms with Crippen molar-refractivity contribution in [3.05, 3.63) is 35.1 Å². The van der Waals surface area contributed by atoms with Crippen LogP contribution in [0.25, 0.3) is 0 Å². The van der Waals surface area contributed by atoms with Gasteiger partial charge in [0.05, 0.1) is 12.9 Å². The van der Waals surface area contributed by atoms with Crippen molar-refractivity contribution in [1.29, 1.82) is 0 Å². The Morgan fingerprint density at radius 3 is 2.73 bits per heavy atom. The molecule has 0 spiro atoms. The van der Waals surface area contributed by atoms with E-state index >= 15 is 0 Å². The van der Waals surface area contributed by atoms with E-state index < -0.39 is 0 Å². The molecule has 6 atom stereocenters. The fourth-order valence-corrected chi connectivity index (χ4v) is 7.67. The predicted octanol–water partition coefficient (Wildman–Crippen LogP) is 7.06. The van der Waals surface area contributed by atoms with Gasteiger partial charge in [0.15, 0.2) is 0 Å². The maximum absolute atomic E-state index is 5.58. The smallest absolute Gasteiger partial charge is 0.0958 e. The van der Waals surface area contributed by atoms with Gasteiger partial charge in [-0.25, -0.2) is 0 Å². The molecule has 0 amide bonds. The molecule has 1 heteroatoms. The molecule has 2 fully saturated rings. The molecule has 4 aliphatic carbocycles. The lowest BCUT2D eigenvalue weighted by Crippen LogP contribution is -2.49. The van der Waals surface area contributed by atoms with E-state index in [1.165, 1.54) is 50.7 Å². The first-order valence-electron chi connectivity index (χ1n) is 11.1. The van der Waals surface area contributed by atoms with E-state index in [0.29, 0.717) is 10.8 Å². The molecule has 0 aliphatic heterocycles. The summed E-state index contributed by atoms with van der Waals surface area (Å²) in [5, 5.41) is 0. The lowest BCUT2D eigenvalue weighted by atomic mass is 9.48. The molecule has 0 saturated heterocycles. The second-order valence-corrected chi connectivity index (χ2v) is 10.0. The molecule has 0 N–H and O–H groups in total. The van der Waals surface area contributed by atoms with Crippen LogP contribution in [0, 0.1) is 34.5 Å². The Balaban J connectivity index is 1.64. The molecule has 0 heterocycles. The summed E-state index contributed by atoms with van der Waals surface area (Å²) in [4.78, 5) is 0. The molecular weight excluding hydrogens is 316 g/mol. The Labute approximate surface area is 161 Å². The topological polar surface area (TPSA) is 9.23 Å². The van der Waals surface area contributed by atoms with Crippen LogP contribution < -0.4 is 0 Å². The van der Waals surface area contributed by atoms with E-state index in [1.54, 1.807) is 11.1 Å². The zero-order valence-corrected chi connectivity index (χ0v) is 17.6. The van der Waals surface area contributed by atoms with Crippen LogP contribution in [0.15, 0.2) is 35.1 Å². The summed E-state index contributed by atoms with van der Waals surface area (Å²) in [7, 11) is 1.83. The zero-order valence-electron chi connectivity index (χ0n) is 17.6. The van der Waals surface area contributed by atoms with Gasteiger partial charge in [-0.15, -0.1) is 0 Å². The van der Waals surface area contributed by atoms with Crippen LogP contribution in [0.5, 0.6) is 0 Å². The number of allylic oxidation sites excluding steroid dienone is 6. The van der Waals surface area contributed by atoms with Crippen molar-refractivity contribution in [3.8, 4) is 0 Å². The van der Waals surface area contributed by atoms with Gasteiger partial charge in [-0.2, -0.15) is 0 Å². The summed E-state index contributed by atoms with van der Waals surface area (Å²) in [6.07, 6.45) is 18.1. The molecule has 4 rings (SSSR count). The van der Waals surface area contributed by atoms with E-state index in [2.05, 4.69) is 45.9 Å². The van der Waals surface area contributed by atoms with Crippen LogP contribution in [0.3, 0.4) is 0 Å². The van der Waals surface area contributed by atoms with Gasteiger partial charge >= 0.3 is 0 Å². The number of hydrogen-bond acceptors (Lipinski definition) is 1. The number of hydrogen-bond donors (Lipinski definition) is 0. The molecule has 5 unspecified atom stereocenters. The third-order valence-corrected chi connectivity index (χ3v) is 9.07. The highest BCUT2D eigenvalue weighted by molar-refractivity contribution is 5.36. The van der Waals surface area contributed by atoms with Gasteiger partial charge in [0, 0.05) is 6.42 Å². The summed E-state index contributed by atoms with van der Waals surface area (Å²) in [5.41, 5.74) is 4.20. The third kappa shape index (κ3) is 2.56. The minimum Gasteiger partial charge on any atom is -0.501 e. The lowest BCUT2D eigenvalue weighted by Gasteiger charge is -2.57. The van der Waals surface area contributed by atoms with Crippen LogP contribution in [-0.2, 0) is 4.74 Å². The van der Waals surface area contributed by atoms with Gasteiger partial charge in [-0.05, 0) is 98.0 Å². The van der Waals surface area contributed by atoms with Crippen molar-refractivity contribution >= 4 is 0 Å². The lowest BCUT2D eigenvalue weighted by molar-refractivity contribution is -0.0318. The van der Waals surface area contributed by atoms with E-state index in [-0.39, 0.29) is 0 Å². The number of fused-ring (bicyclic) bond motifs is 5. The fraction of sp³-hybridized carbons (Fsp3) is 0.760. The van der Waals surface area contributed by atoms with Gasteiger partial charge in [0.25, 0.3) is 0 Å². The maximum Gasteiger partial charge on any atom is 0.0958 e. The summed E-state index contributed by atoms with van der Waals surface area (Å²) in [5.74, 6) is 4.73. The van der Waals surface area contributed by atoms with Crippen LogP contribution in [0.2, 0.25) is 0 Å². The molecule has 0 radical (unpaired) electrons. The van der Waals surface area contributed by atoms with Crippen molar-refractivity contribution in [1.82, 2.24) is 0 Å². The zero-order chi connectivity index (χ0) is 18.5. The van der Waals surface area contributed by atoms with E-state index in [9.17, 15) is 0 Å². The highest BCUT2D eigenvalue weighted by Gasteiger charge is 2.58. The highest BCUT2D eigenvalue weighted by atomic mass is 16.5. The third-order valence-electron chi connectivity index (χ3n) is 9.07. The normalized spacial score (nSPS) is 45.2. The Kier molecular flexibility index (Phi) is 4.65. The summed E-state index contributed by atoms with van der Waals surface area (Å²) in [6.45, 7) is 9.90. The first-order valence-corrected chi connectivity index (χ1v) is 11.1. The summed E-state index contributed by atoms with van der Waals surface area (Å²) in [6, 6.07) is 0. The molecule has 26 heavy (non-hydrogen) atoms. The number of ether oxygens (including phenoxy) is 1. The molecular formula is C25H38O. The van der Waals surface area contributed by atoms with Crippen molar-refractivity contribution in [3.63, 3.8) is 0 Å². The van der Waals surface area contributed by atoms with Gasteiger partial charge < -0.3 is 4.74 Å². The molecule has 0 aromatic rings. The standard InChI is InChI=1S/C25H38O/c1-6-7-17(2)21-10-11-22-20-9-8-18-16-19(26-5)12-14-24(18,3)23(20)13-15-25(21,22)4/h7-8,16,20-23H,6,9-15H2,1-5H3/b17-7+/t20?,21-,22?,23?,24?,25?/m1/s1. The average molecular weight is 355 g/mol. The summed E-state index contributed by atoms with van der Waals surface area (Å²) < 4.78 is 5.58. The first-order chi connectivity index (χ1) is 12.4. The largest absolute Gasteiger partial charge is 0.501 e. The monoisotopic (exact) mass is 354 g/mol. The van der Waals surface area contributed by atoms with E-state index in [0.717, 1.165) is 30.1 Å². The predicted molar refractivity (Wildman–Crippen MR) is 110 cm³/mol. The van der Waals surface area contributed by atoms with Crippen LogP contribution in [-0.4, -0.2) is 7.11 Å². The van der Waals surface area contributed by atoms with Crippen LogP contribution in [0.4, 0.5) is 0 Å². The minimum atomic E-state index is 0.388. The Morgan fingerprint density at radius 1 is 1.19 bits per heavy atom. The fourth-order valence-electron chi connectivity index (χ4n) is 7.67. The molecule has 0 bridgehead atoms. The molecule has 1 nitrogen and oxygen atoms in total. The first kappa shape index (κ1) is 18.4. The Hall–Kier alpha value is -0.980. The highest BCUT2D eigenvalue weighted by Crippen LogP contribution is 2.66. The van der Waals surface area contributed by atoms with Crippen molar-refractivity contribution in [2.24, 2.45) is 34.5 Å². The minimum absolute atomic E-state index is 0.388. The van der Waals surface area contributed by atoms with E-state index in [1.807, 2.05) is 7.11 Å². The number of rotatable bonds is 3. The quantitative estimate of drug-likeness (QED) is 0.493. The molecule has 144 valence electrons. The van der Waals surface area contributed by atoms with Crippen molar-refractivity contribution in [2.45, 2.75) is 79.1 Å². The SMILES string of the molecule is CC/C=C(\C)[C@H]1CCC2C3CC=C4C=C(OC)CCC4(C)C3CCC21C. The molecule has 0 aromatic carbocycles. The second kappa shape index (κ2) is 6.57. The average Bonchev–Trinajstić information content (AvgIpc) is 2.98. The molecule has 2 saturated carbocycles. The van der Waals surface area contributed by atoms with Crippen LogP contribution in [0.1, 0.15) is 79.1 Å². The second-order valence-electron chi connectivity index (χ2n) is 10.0. The molecule has 4 aliphatic rings. The van der Waals surface area contributed by atoms with Gasteiger partial charge in [0.1, 0.15) is 0 Å². The van der Waals surface area contributed by atoms with Crippen molar-refractivity contribution in [2.75, 3.05) is 7.11 Å². The van der Waals surface area contributed by atoms with Gasteiger partial charge in [0.2, 0.25) is 0 Å². The maximum atomic E-state index is 5.58. The molecule has 0 aromatic heterocycles.